The number of rotatable bonds is 7. The second-order valence-electron chi connectivity index (χ2n) is 7.29. The molecule has 1 aliphatic carbocycles. The van der Waals surface area contributed by atoms with Crippen LogP contribution in [0.15, 0.2) is 36.4 Å². The van der Waals surface area contributed by atoms with Crippen LogP contribution in [-0.4, -0.2) is 23.8 Å². The van der Waals surface area contributed by atoms with Gasteiger partial charge in [-0.15, -0.1) is 0 Å². The summed E-state index contributed by atoms with van der Waals surface area (Å²) in [4.78, 5) is 36.7. The number of anilines is 1. The van der Waals surface area contributed by atoms with Gasteiger partial charge in [0.15, 0.2) is 11.9 Å². The van der Waals surface area contributed by atoms with E-state index in [9.17, 15) is 14.4 Å². The summed E-state index contributed by atoms with van der Waals surface area (Å²) < 4.78 is 5.18. The number of ether oxygens (including phenoxy) is 1. The van der Waals surface area contributed by atoms with Gasteiger partial charge in [-0.3, -0.25) is 14.4 Å². The van der Waals surface area contributed by atoms with Crippen LogP contribution in [0.1, 0.15) is 53.2 Å². The lowest BCUT2D eigenvalue weighted by Crippen LogP contribution is -2.30. The molecule has 0 saturated heterocycles. The molecule has 0 fully saturated rings. The number of amides is 1. The Morgan fingerprint density at radius 1 is 1.10 bits per heavy atom. The van der Waals surface area contributed by atoms with E-state index in [1.807, 2.05) is 18.2 Å². The van der Waals surface area contributed by atoms with E-state index in [1.54, 1.807) is 25.1 Å². The number of Topliss-reactive ketones (excluding diaryl/α,β-unsaturated/α-hetero) is 1. The fraction of sp³-hybridized carbons (Fsp3) is 0.348. The van der Waals surface area contributed by atoms with Crippen molar-refractivity contribution in [3.05, 3.63) is 63.7 Å². The van der Waals surface area contributed by atoms with Crippen LogP contribution in [0, 0.1) is 6.92 Å². The van der Waals surface area contributed by atoms with Gasteiger partial charge in [0.2, 0.25) is 0 Å². The molecular formula is C23H24ClNO4. The van der Waals surface area contributed by atoms with E-state index in [0.717, 1.165) is 24.8 Å². The summed E-state index contributed by atoms with van der Waals surface area (Å²) in [6, 6.07) is 10.9. The van der Waals surface area contributed by atoms with Gasteiger partial charge in [-0.05, 0) is 68.0 Å². The quantitative estimate of drug-likeness (QED) is 0.528. The highest BCUT2D eigenvalue weighted by Crippen LogP contribution is 2.24. The number of benzene rings is 2. The van der Waals surface area contributed by atoms with Crippen molar-refractivity contribution in [3.63, 3.8) is 0 Å². The number of ketones is 1. The van der Waals surface area contributed by atoms with Crippen LogP contribution < -0.4 is 5.32 Å². The van der Waals surface area contributed by atoms with Crippen LogP contribution in [0.3, 0.4) is 0 Å². The van der Waals surface area contributed by atoms with Crippen molar-refractivity contribution >= 4 is 34.9 Å². The Morgan fingerprint density at radius 3 is 2.66 bits per heavy atom. The van der Waals surface area contributed by atoms with Crippen molar-refractivity contribution in [1.29, 1.82) is 0 Å². The van der Waals surface area contributed by atoms with Crippen LogP contribution in [-0.2, 0) is 27.2 Å². The Hall–Kier alpha value is -2.66. The van der Waals surface area contributed by atoms with Gasteiger partial charge in [0.1, 0.15) is 0 Å². The normalized spacial score (nSPS) is 13.5. The fourth-order valence-corrected chi connectivity index (χ4v) is 3.57. The fourth-order valence-electron chi connectivity index (χ4n) is 3.39. The second kappa shape index (κ2) is 9.23. The Bertz CT molecular complexity index is 954. The number of nitrogens with one attached hydrogen (secondary N) is 1. The summed E-state index contributed by atoms with van der Waals surface area (Å²) in [5.41, 5.74) is 4.45. The topological polar surface area (TPSA) is 72.5 Å². The zero-order valence-corrected chi connectivity index (χ0v) is 17.3. The van der Waals surface area contributed by atoms with Crippen LogP contribution in [0.2, 0.25) is 5.02 Å². The predicted molar refractivity (Wildman–Crippen MR) is 112 cm³/mol. The molecule has 152 valence electrons. The number of carbonyl (C=O) groups is 3. The van der Waals surface area contributed by atoms with Gasteiger partial charge in [0.05, 0.1) is 6.42 Å². The highest BCUT2D eigenvalue weighted by atomic mass is 35.5. The molecule has 0 aromatic heterocycles. The predicted octanol–water partition coefficient (Wildman–Crippen LogP) is 4.67. The monoisotopic (exact) mass is 413 g/mol. The molecule has 0 aliphatic heterocycles. The number of fused-ring (bicyclic) bond motifs is 1. The van der Waals surface area contributed by atoms with E-state index in [1.165, 1.54) is 18.1 Å². The third-order valence-corrected chi connectivity index (χ3v) is 5.59. The van der Waals surface area contributed by atoms with Crippen molar-refractivity contribution in [2.75, 3.05) is 5.32 Å². The largest absolute Gasteiger partial charge is 0.453 e. The summed E-state index contributed by atoms with van der Waals surface area (Å²) >= 11 is 6.05. The number of hydrogen-bond donors (Lipinski definition) is 1. The van der Waals surface area contributed by atoms with E-state index in [0.29, 0.717) is 16.3 Å². The standard InChI is InChI=1S/C23H24ClNO4/c1-14-19(24)7-4-8-20(14)25-23(28)15(2)29-22(27)12-11-21(26)18-10-9-16-5-3-6-17(16)13-18/h4,7-10,13,15H,3,5-6,11-12H2,1-2H3,(H,25,28)/t15-/m1/s1. The second-order valence-corrected chi connectivity index (χ2v) is 7.70. The van der Waals surface area contributed by atoms with Crippen molar-refractivity contribution in [1.82, 2.24) is 0 Å². The van der Waals surface area contributed by atoms with Crippen LogP contribution >= 0.6 is 11.6 Å². The number of esters is 1. The molecule has 2 aromatic rings. The molecule has 0 saturated carbocycles. The summed E-state index contributed by atoms with van der Waals surface area (Å²) in [5.74, 6) is -1.12. The zero-order valence-electron chi connectivity index (χ0n) is 16.6. The number of aryl methyl sites for hydroxylation is 2. The first-order chi connectivity index (χ1) is 13.8. The molecule has 0 bridgehead atoms. The average Bonchev–Trinajstić information content (AvgIpc) is 3.17. The van der Waals surface area contributed by atoms with E-state index in [-0.39, 0.29) is 18.6 Å². The smallest absolute Gasteiger partial charge is 0.307 e. The van der Waals surface area contributed by atoms with Gasteiger partial charge in [-0.1, -0.05) is 29.8 Å². The first kappa shape index (κ1) is 21.1. The van der Waals surface area contributed by atoms with E-state index < -0.39 is 18.0 Å². The third kappa shape index (κ3) is 5.24. The lowest BCUT2D eigenvalue weighted by Gasteiger charge is -2.15. The number of hydrogen-bond acceptors (Lipinski definition) is 4. The minimum Gasteiger partial charge on any atom is -0.453 e. The zero-order chi connectivity index (χ0) is 21.0. The van der Waals surface area contributed by atoms with Gasteiger partial charge >= 0.3 is 5.97 Å². The summed E-state index contributed by atoms with van der Waals surface area (Å²) in [7, 11) is 0. The lowest BCUT2D eigenvalue weighted by molar-refractivity contribution is -0.153. The molecule has 1 amide bonds. The molecule has 3 rings (SSSR count). The summed E-state index contributed by atoms with van der Waals surface area (Å²) in [5, 5.41) is 3.24. The van der Waals surface area contributed by atoms with Crippen molar-refractivity contribution in [2.45, 2.75) is 52.1 Å². The molecule has 1 aliphatic rings. The van der Waals surface area contributed by atoms with E-state index in [4.69, 9.17) is 16.3 Å². The van der Waals surface area contributed by atoms with Crippen LogP contribution in [0.5, 0.6) is 0 Å². The molecule has 6 heteroatoms. The molecule has 0 spiro atoms. The van der Waals surface area contributed by atoms with Gasteiger partial charge < -0.3 is 10.1 Å². The summed E-state index contributed by atoms with van der Waals surface area (Å²) in [6.07, 6.45) is 2.19. The maximum atomic E-state index is 12.4. The Labute approximate surface area is 175 Å². The summed E-state index contributed by atoms with van der Waals surface area (Å²) in [6.45, 7) is 3.29. The van der Waals surface area contributed by atoms with E-state index in [2.05, 4.69) is 5.32 Å². The Balaban J connectivity index is 1.49. The first-order valence-corrected chi connectivity index (χ1v) is 10.1. The maximum Gasteiger partial charge on any atom is 0.307 e. The van der Waals surface area contributed by atoms with Crippen LogP contribution in [0.4, 0.5) is 5.69 Å². The Morgan fingerprint density at radius 2 is 1.86 bits per heavy atom. The lowest BCUT2D eigenvalue weighted by atomic mass is 10.0. The average molecular weight is 414 g/mol. The SMILES string of the molecule is Cc1c(Cl)cccc1NC(=O)[C@@H](C)OC(=O)CCC(=O)c1ccc2c(c1)CCC2. The molecule has 1 N–H and O–H groups in total. The number of carbonyl (C=O) groups excluding carboxylic acids is 3. The molecule has 5 nitrogen and oxygen atoms in total. The molecule has 0 unspecified atom stereocenters. The first-order valence-electron chi connectivity index (χ1n) is 9.75. The molecular weight excluding hydrogens is 390 g/mol. The van der Waals surface area contributed by atoms with Crippen LogP contribution in [0.25, 0.3) is 0 Å². The van der Waals surface area contributed by atoms with Crippen molar-refractivity contribution in [2.24, 2.45) is 0 Å². The van der Waals surface area contributed by atoms with E-state index >= 15 is 0 Å². The third-order valence-electron chi connectivity index (χ3n) is 5.18. The highest BCUT2D eigenvalue weighted by Gasteiger charge is 2.20. The van der Waals surface area contributed by atoms with Crippen molar-refractivity contribution < 1.29 is 19.1 Å². The van der Waals surface area contributed by atoms with Gasteiger partial charge in [0, 0.05) is 22.7 Å². The molecule has 0 radical (unpaired) electrons. The minimum absolute atomic E-state index is 0.0549. The van der Waals surface area contributed by atoms with Gasteiger partial charge in [0.25, 0.3) is 5.91 Å². The highest BCUT2D eigenvalue weighted by molar-refractivity contribution is 6.31. The van der Waals surface area contributed by atoms with Crippen molar-refractivity contribution in [3.8, 4) is 0 Å². The van der Waals surface area contributed by atoms with Gasteiger partial charge in [-0.25, -0.2) is 0 Å². The molecule has 1 atom stereocenters. The Kier molecular flexibility index (Phi) is 6.70. The minimum atomic E-state index is -0.976. The molecule has 2 aromatic carbocycles. The number of halogens is 1. The molecule has 29 heavy (non-hydrogen) atoms. The van der Waals surface area contributed by atoms with Gasteiger partial charge in [-0.2, -0.15) is 0 Å². The molecule has 0 heterocycles. The maximum absolute atomic E-state index is 12.4.